The summed E-state index contributed by atoms with van der Waals surface area (Å²) in [5, 5.41) is 0. The first kappa shape index (κ1) is 14.5. The van der Waals surface area contributed by atoms with Crippen LogP contribution in [0.15, 0.2) is 18.2 Å². The monoisotopic (exact) mass is 271 g/mol. The third-order valence-electron chi connectivity index (χ3n) is 3.34. The third kappa shape index (κ3) is 3.15. The Morgan fingerprint density at radius 1 is 1.40 bits per heavy atom. The van der Waals surface area contributed by atoms with E-state index in [0.29, 0.717) is 0 Å². The molecule has 0 radical (unpaired) electrons. The highest BCUT2D eigenvalue weighted by Crippen LogP contribution is 2.36. The summed E-state index contributed by atoms with van der Waals surface area (Å²) in [5.74, 6) is 3.42. The van der Waals surface area contributed by atoms with Crippen molar-refractivity contribution in [2.45, 2.75) is 13.8 Å². The zero-order valence-corrected chi connectivity index (χ0v) is 12.2. The maximum Gasteiger partial charge on any atom is 0.151 e. The van der Waals surface area contributed by atoms with E-state index < -0.39 is 0 Å². The number of terminal acetylenes is 1. The Morgan fingerprint density at radius 2 is 2.15 bits per heavy atom. The fraction of sp³-hybridized carbons (Fsp3) is 0.412. The summed E-state index contributed by atoms with van der Waals surface area (Å²) in [6, 6.07) is 4.20. The summed E-state index contributed by atoms with van der Waals surface area (Å²) in [7, 11) is 0. The topological polar surface area (TPSA) is 21.7 Å². The van der Waals surface area contributed by atoms with Crippen molar-refractivity contribution in [3.8, 4) is 18.1 Å². The SMILES string of the molecule is C#CCOc1c(C=CC)ccc(C)c1N1CCOCC1. The highest BCUT2D eigenvalue weighted by atomic mass is 16.5. The minimum Gasteiger partial charge on any atom is -0.478 e. The van der Waals surface area contributed by atoms with Crippen LogP contribution in [-0.4, -0.2) is 32.9 Å². The van der Waals surface area contributed by atoms with Gasteiger partial charge in [0.25, 0.3) is 0 Å². The van der Waals surface area contributed by atoms with Gasteiger partial charge in [-0.2, -0.15) is 0 Å². The van der Waals surface area contributed by atoms with E-state index in [9.17, 15) is 0 Å². The molecule has 1 heterocycles. The van der Waals surface area contributed by atoms with Gasteiger partial charge in [-0.1, -0.05) is 30.2 Å². The van der Waals surface area contributed by atoms with Crippen LogP contribution in [0, 0.1) is 19.3 Å². The van der Waals surface area contributed by atoms with Crippen LogP contribution in [0.4, 0.5) is 5.69 Å². The summed E-state index contributed by atoms with van der Waals surface area (Å²) in [6.07, 6.45) is 9.40. The molecule has 1 aromatic carbocycles. The fourth-order valence-corrected chi connectivity index (χ4v) is 2.44. The molecule has 0 N–H and O–H groups in total. The molecule has 0 atom stereocenters. The molecule has 0 amide bonds. The molecule has 1 aliphatic rings. The lowest BCUT2D eigenvalue weighted by Gasteiger charge is -2.32. The Balaban J connectivity index is 2.45. The number of anilines is 1. The van der Waals surface area contributed by atoms with Gasteiger partial charge in [0, 0.05) is 18.7 Å². The summed E-state index contributed by atoms with van der Waals surface area (Å²) in [6.45, 7) is 7.65. The van der Waals surface area contributed by atoms with Gasteiger partial charge in [0.05, 0.1) is 18.9 Å². The molecule has 1 aliphatic heterocycles. The minimum absolute atomic E-state index is 0.283. The molecular formula is C17H21NO2. The Morgan fingerprint density at radius 3 is 2.80 bits per heavy atom. The molecular weight excluding hydrogens is 250 g/mol. The van der Waals surface area contributed by atoms with E-state index in [1.165, 1.54) is 5.56 Å². The highest BCUT2D eigenvalue weighted by molar-refractivity contribution is 5.73. The van der Waals surface area contributed by atoms with Gasteiger partial charge < -0.3 is 14.4 Å². The average Bonchev–Trinajstić information content (AvgIpc) is 2.48. The third-order valence-corrected chi connectivity index (χ3v) is 3.34. The molecule has 20 heavy (non-hydrogen) atoms. The Hall–Kier alpha value is -1.92. The lowest BCUT2D eigenvalue weighted by molar-refractivity contribution is 0.122. The normalized spacial score (nSPS) is 15.3. The maximum absolute atomic E-state index is 5.83. The number of allylic oxidation sites excluding steroid dienone is 1. The van der Waals surface area contributed by atoms with Crippen molar-refractivity contribution in [3.63, 3.8) is 0 Å². The van der Waals surface area contributed by atoms with E-state index in [0.717, 1.165) is 43.3 Å². The van der Waals surface area contributed by atoms with Crippen LogP contribution in [0.25, 0.3) is 6.08 Å². The summed E-state index contributed by atoms with van der Waals surface area (Å²) >= 11 is 0. The smallest absolute Gasteiger partial charge is 0.151 e. The molecule has 106 valence electrons. The number of rotatable bonds is 4. The van der Waals surface area contributed by atoms with E-state index in [1.807, 2.05) is 13.0 Å². The average molecular weight is 271 g/mol. The molecule has 1 saturated heterocycles. The van der Waals surface area contributed by atoms with Crippen LogP contribution in [0.2, 0.25) is 0 Å². The number of morpholine rings is 1. The first-order chi connectivity index (χ1) is 9.77. The second-order valence-corrected chi connectivity index (χ2v) is 4.74. The first-order valence-electron chi connectivity index (χ1n) is 6.93. The molecule has 0 bridgehead atoms. The van der Waals surface area contributed by atoms with Crippen molar-refractivity contribution in [2.75, 3.05) is 37.8 Å². The lowest BCUT2D eigenvalue weighted by atomic mass is 10.1. The van der Waals surface area contributed by atoms with Crippen LogP contribution in [0.3, 0.4) is 0 Å². The minimum atomic E-state index is 0.283. The standard InChI is InChI=1S/C17H21NO2/c1-4-6-15-8-7-14(3)16(17(15)20-11-5-2)18-9-12-19-13-10-18/h2,4,6-8H,9-13H2,1,3H3. The molecule has 0 aliphatic carbocycles. The second kappa shape index (κ2) is 7.02. The van der Waals surface area contributed by atoms with Gasteiger partial charge in [0.15, 0.2) is 5.75 Å². The molecule has 0 aromatic heterocycles. The van der Waals surface area contributed by atoms with Crippen molar-refractivity contribution < 1.29 is 9.47 Å². The summed E-state index contributed by atoms with van der Waals surface area (Å²) < 4.78 is 11.3. The van der Waals surface area contributed by atoms with E-state index in [-0.39, 0.29) is 6.61 Å². The van der Waals surface area contributed by atoms with Crippen LogP contribution in [0.5, 0.6) is 5.75 Å². The van der Waals surface area contributed by atoms with Gasteiger partial charge in [-0.3, -0.25) is 0 Å². The van der Waals surface area contributed by atoms with Gasteiger partial charge in [-0.25, -0.2) is 0 Å². The number of aryl methyl sites for hydroxylation is 1. The largest absolute Gasteiger partial charge is 0.478 e. The van der Waals surface area contributed by atoms with Crippen molar-refractivity contribution in [1.82, 2.24) is 0 Å². The van der Waals surface area contributed by atoms with Gasteiger partial charge in [0.2, 0.25) is 0 Å². The van der Waals surface area contributed by atoms with E-state index in [4.69, 9.17) is 15.9 Å². The number of benzene rings is 1. The zero-order chi connectivity index (χ0) is 14.4. The molecule has 0 saturated carbocycles. The van der Waals surface area contributed by atoms with Gasteiger partial charge >= 0.3 is 0 Å². The van der Waals surface area contributed by atoms with Crippen molar-refractivity contribution >= 4 is 11.8 Å². The molecule has 3 heteroatoms. The van der Waals surface area contributed by atoms with Gasteiger partial charge in [0.1, 0.15) is 6.61 Å². The number of nitrogens with zero attached hydrogens (tertiary/aromatic N) is 1. The number of ether oxygens (including phenoxy) is 2. The van der Waals surface area contributed by atoms with E-state index >= 15 is 0 Å². The quantitative estimate of drug-likeness (QED) is 0.786. The van der Waals surface area contributed by atoms with Crippen LogP contribution < -0.4 is 9.64 Å². The predicted molar refractivity (Wildman–Crippen MR) is 83.2 cm³/mol. The summed E-state index contributed by atoms with van der Waals surface area (Å²) in [5.41, 5.74) is 3.40. The van der Waals surface area contributed by atoms with E-state index in [2.05, 4.69) is 36.0 Å². The zero-order valence-electron chi connectivity index (χ0n) is 12.2. The number of hydrogen-bond acceptors (Lipinski definition) is 3. The van der Waals surface area contributed by atoms with Crippen molar-refractivity contribution in [2.24, 2.45) is 0 Å². The molecule has 1 aromatic rings. The van der Waals surface area contributed by atoms with Crippen LogP contribution in [-0.2, 0) is 4.74 Å². The molecule has 1 fully saturated rings. The second-order valence-electron chi connectivity index (χ2n) is 4.74. The van der Waals surface area contributed by atoms with Crippen LogP contribution in [0.1, 0.15) is 18.1 Å². The van der Waals surface area contributed by atoms with Gasteiger partial charge in [-0.05, 0) is 19.4 Å². The fourth-order valence-electron chi connectivity index (χ4n) is 2.44. The van der Waals surface area contributed by atoms with Crippen molar-refractivity contribution in [3.05, 3.63) is 29.3 Å². The number of hydrogen-bond donors (Lipinski definition) is 0. The molecule has 3 nitrogen and oxygen atoms in total. The van der Waals surface area contributed by atoms with Crippen molar-refractivity contribution in [1.29, 1.82) is 0 Å². The first-order valence-corrected chi connectivity index (χ1v) is 6.93. The van der Waals surface area contributed by atoms with E-state index in [1.54, 1.807) is 0 Å². The Bertz CT molecular complexity index is 523. The Kier molecular flexibility index (Phi) is 5.09. The molecule has 2 rings (SSSR count). The van der Waals surface area contributed by atoms with Crippen LogP contribution >= 0.6 is 0 Å². The highest BCUT2D eigenvalue weighted by Gasteiger charge is 2.19. The molecule has 0 spiro atoms. The molecule has 0 unspecified atom stereocenters. The summed E-state index contributed by atoms with van der Waals surface area (Å²) in [4.78, 5) is 2.32. The maximum atomic E-state index is 5.83. The Labute approximate surface area is 121 Å². The van der Waals surface area contributed by atoms with Gasteiger partial charge in [-0.15, -0.1) is 6.42 Å². The predicted octanol–water partition coefficient (Wildman–Crippen LogP) is 2.88. The lowest BCUT2D eigenvalue weighted by Crippen LogP contribution is -2.37.